The van der Waals surface area contributed by atoms with Crippen molar-refractivity contribution in [2.24, 2.45) is 0 Å². The summed E-state index contributed by atoms with van der Waals surface area (Å²) in [7, 11) is 0. The van der Waals surface area contributed by atoms with Crippen molar-refractivity contribution in [3.63, 3.8) is 0 Å². The zero-order chi connectivity index (χ0) is 9.38. The molecule has 1 aromatic heterocycles. The highest BCUT2D eigenvalue weighted by Crippen LogP contribution is 2.32. The number of benzene rings is 1. The Morgan fingerprint density at radius 1 is 1.14 bits per heavy atom. The Hall–Kier alpha value is -1.12. The summed E-state index contributed by atoms with van der Waals surface area (Å²) in [5, 5.41) is 5.67. The molecule has 0 spiro atoms. The van der Waals surface area contributed by atoms with E-state index in [0.717, 1.165) is 6.54 Å². The molecule has 3 rings (SSSR count). The van der Waals surface area contributed by atoms with Crippen molar-refractivity contribution in [1.29, 1.82) is 0 Å². The summed E-state index contributed by atoms with van der Waals surface area (Å²) in [4.78, 5) is 1.41. The lowest BCUT2D eigenvalue weighted by Gasteiger charge is -2.08. The highest BCUT2D eigenvalue weighted by atomic mass is 32.1. The van der Waals surface area contributed by atoms with Gasteiger partial charge < -0.3 is 5.32 Å². The van der Waals surface area contributed by atoms with Crippen LogP contribution < -0.4 is 5.32 Å². The van der Waals surface area contributed by atoms with Crippen molar-refractivity contribution >= 4 is 11.3 Å². The standard InChI is InChI=1S/C12H11NS/c1-2-5-10-9(4-1)8-13-12(10)11-6-3-7-14-11/h1-7,12-13H,8H2. The molecular weight excluding hydrogens is 190 g/mol. The van der Waals surface area contributed by atoms with Crippen LogP contribution in [0, 0.1) is 0 Å². The van der Waals surface area contributed by atoms with Crippen LogP contribution in [0.1, 0.15) is 22.0 Å². The van der Waals surface area contributed by atoms with Crippen molar-refractivity contribution in [1.82, 2.24) is 5.32 Å². The monoisotopic (exact) mass is 201 g/mol. The van der Waals surface area contributed by atoms with E-state index in [0.29, 0.717) is 6.04 Å². The maximum atomic E-state index is 3.53. The van der Waals surface area contributed by atoms with Crippen LogP contribution in [0.5, 0.6) is 0 Å². The highest BCUT2D eigenvalue weighted by molar-refractivity contribution is 7.10. The summed E-state index contributed by atoms with van der Waals surface area (Å²) in [6.07, 6.45) is 0. The molecule has 2 heterocycles. The van der Waals surface area contributed by atoms with E-state index in [4.69, 9.17) is 0 Å². The minimum Gasteiger partial charge on any atom is -0.301 e. The van der Waals surface area contributed by atoms with Gasteiger partial charge in [-0.05, 0) is 22.6 Å². The average Bonchev–Trinajstić information content (AvgIpc) is 2.85. The summed E-state index contributed by atoms with van der Waals surface area (Å²) >= 11 is 1.82. The number of hydrogen-bond acceptors (Lipinski definition) is 2. The first-order chi connectivity index (χ1) is 6.95. The zero-order valence-electron chi connectivity index (χ0n) is 7.73. The molecule has 0 saturated heterocycles. The van der Waals surface area contributed by atoms with Crippen LogP contribution in [0.4, 0.5) is 0 Å². The van der Waals surface area contributed by atoms with Gasteiger partial charge in [-0.2, -0.15) is 0 Å². The molecule has 0 bridgehead atoms. The van der Waals surface area contributed by atoms with Gasteiger partial charge in [-0.15, -0.1) is 11.3 Å². The Morgan fingerprint density at radius 2 is 2.07 bits per heavy atom. The molecule has 1 atom stereocenters. The second-order valence-corrected chi connectivity index (χ2v) is 4.51. The maximum absolute atomic E-state index is 3.53. The molecule has 0 aliphatic carbocycles. The van der Waals surface area contributed by atoms with Gasteiger partial charge in [0.15, 0.2) is 0 Å². The molecule has 1 aromatic carbocycles. The highest BCUT2D eigenvalue weighted by Gasteiger charge is 2.22. The zero-order valence-corrected chi connectivity index (χ0v) is 8.55. The summed E-state index contributed by atoms with van der Waals surface area (Å²) in [5.41, 5.74) is 2.88. The van der Waals surface area contributed by atoms with Gasteiger partial charge in [-0.25, -0.2) is 0 Å². The molecule has 2 heteroatoms. The molecule has 0 saturated carbocycles. The molecule has 70 valence electrons. The van der Waals surface area contributed by atoms with Crippen LogP contribution in [0.25, 0.3) is 0 Å². The van der Waals surface area contributed by atoms with E-state index in [1.54, 1.807) is 0 Å². The molecule has 1 aliphatic heterocycles. The van der Waals surface area contributed by atoms with Gasteiger partial charge in [-0.3, -0.25) is 0 Å². The van der Waals surface area contributed by atoms with Gasteiger partial charge in [0.05, 0.1) is 6.04 Å². The Balaban J connectivity index is 2.06. The Kier molecular flexibility index (Phi) is 1.89. The van der Waals surface area contributed by atoms with E-state index in [-0.39, 0.29) is 0 Å². The lowest BCUT2D eigenvalue weighted by atomic mass is 10.0. The second-order valence-electron chi connectivity index (χ2n) is 3.53. The fraction of sp³-hybridized carbons (Fsp3) is 0.167. The summed E-state index contributed by atoms with van der Waals surface area (Å²) in [6.45, 7) is 0.999. The van der Waals surface area contributed by atoms with Gasteiger partial charge in [0.1, 0.15) is 0 Å². The number of hydrogen-bond donors (Lipinski definition) is 1. The van der Waals surface area contributed by atoms with E-state index < -0.39 is 0 Å². The average molecular weight is 201 g/mol. The van der Waals surface area contributed by atoms with Crippen LogP contribution in [0.2, 0.25) is 0 Å². The number of rotatable bonds is 1. The van der Waals surface area contributed by atoms with E-state index in [1.165, 1.54) is 16.0 Å². The third-order valence-corrected chi connectivity index (χ3v) is 3.63. The van der Waals surface area contributed by atoms with E-state index >= 15 is 0 Å². The Labute approximate surface area is 87.4 Å². The number of nitrogens with one attached hydrogen (secondary N) is 1. The summed E-state index contributed by atoms with van der Waals surface area (Å²) in [6, 6.07) is 13.4. The molecule has 1 nitrogen and oxygen atoms in total. The van der Waals surface area contributed by atoms with E-state index in [2.05, 4.69) is 47.1 Å². The largest absolute Gasteiger partial charge is 0.301 e. The molecule has 1 aliphatic rings. The molecule has 0 fully saturated rings. The van der Waals surface area contributed by atoms with Gasteiger partial charge in [-0.1, -0.05) is 30.3 Å². The van der Waals surface area contributed by atoms with Crippen LogP contribution in [0.3, 0.4) is 0 Å². The Bertz CT molecular complexity index is 433. The molecule has 0 amide bonds. The predicted molar refractivity (Wildman–Crippen MR) is 59.4 cm³/mol. The smallest absolute Gasteiger partial charge is 0.0676 e. The minimum absolute atomic E-state index is 0.422. The van der Waals surface area contributed by atoms with Crippen LogP contribution >= 0.6 is 11.3 Å². The first-order valence-corrected chi connectivity index (χ1v) is 5.68. The Morgan fingerprint density at radius 3 is 2.93 bits per heavy atom. The normalized spacial score (nSPS) is 19.6. The minimum atomic E-state index is 0.422. The lowest BCUT2D eigenvalue weighted by molar-refractivity contribution is 0.677. The van der Waals surface area contributed by atoms with Crippen LogP contribution in [-0.4, -0.2) is 0 Å². The van der Waals surface area contributed by atoms with E-state index in [1.807, 2.05) is 11.3 Å². The summed E-state index contributed by atoms with van der Waals surface area (Å²) < 4.78 is 0. The maximum Gasteiger partial charge on any atom is 0.0676 e. The first kappa shape index (κ1) is 8.21. The second kappa shape index (κ2) is 3.23. The molecule has 2 aromatic rings. The van der Waals surface area contributed by atoms with Crippen LogP contribution in [-0.2, 0) is 6.54 Å². The predicted octanol–water partition coefficient (Wildman–Crippen LogP) is 2.94. The SMILES string of the molecule is c1csc(C2NCc3ccccc32)c1. The van der Waals surface area contributed by atoms with Gasteiger partial charge >= 0.3 is 0 Å². The van der Waals surface area contributed by atoms with Gasteiger partial charge in [0, 0.05) is 11.4 Å². The molecule has 14 heavy (non-hydrogen) atoms. The molecule has 1 unspecified atom stereocenters. The first-order valence-electron chi connectivity index (χ1n) is 4.80. The topological polar surface area (TPSA) is 12.0 Å². The summed E-state index contributed by atoms with van der Waals surface area (Å²) in [5.74, 6) is 0. The van der Waals surface area contributed by atoms with Crippen molar-refractivity contribution in [2.45, 2.75) is 12.6 Å². The van der Waals surface area contributed by atoms with Gasteiger partial charge in [0.25, 0.3) is 0 Å². The van der Waals surface area contributed by atoms with Crippen molar-refractivity contribution in [3.05, 3.63) is 57.8 Å². The molecular formula is C12H11NS. The van der Waals surface area contributed by atoms with Crippen molar-refractivity contribution in [3.8, 4) is 0 Å². The van der Waals surface area contributed by atoms with Gasteiger partial charge in [0.2, 0.25) is 0 Å². The quantitative estimate of drug-likeness (QED) is 0.748. The number of fused-ring (bicyclic) bond motifs is 1. The van der Waals surface area contributed by atoms with Crippen molar-refractivity contribution in [2.75, 3.05) is 0 Å². The van der Waals surface area contributed by atoms with Crippen LogP contribution in [0.15, 0.2) is 41.8 Å². The molecule has 1 N–H and O–H groups in total. The third kappa shape index (κ3) is 1.19. The fourth-order valence-corrected chi connectivity index (χ4v) is 2.83. The van der Waals surface area contributed by atoms with E-state index in [9.17, 15) is 0 Å². The van der Waals surface area contributed by atoms with Crippen molar-refractivity contribution < 1.29 is 0 Å². The third-order valence-electron chi connectivity index (χ3n) is 2.69. The lowest BCUT2D eigenvalue weighted by Crippen LogP contribution is -2.11. The number of thiophene rings is 1. The fourth-order valence-electron chi connectivity index (χ4n) is 2.01. The molecule has 0 radical (unpaired) electrons.